The third-order valence-electron chi connectivity index (χ3n) is 5.51. The Morgan fingerprint density at radius 2 is 1.86 bits per heavy atom. The van der Waals surface area contributed by atoms with Gasteiger partial charge in [-0.2, -0.15) is 0 Å². The van der Waals surface area contributed by atoms with Crippen molar-refractivity contribution < 1.29 is 4.74 Å². The molecule has 0 unspecified atom stereocenters. The lowest BCUT2D eigenvalue weighted by atomic mass is 10.1. The van der Waals surface area contributed by atoms with Crippen LogP contribution in [0.4, 0.5) is 16.6 Å². The molecule has 2 aliphatic rings. The van der Waals surface area contributed by atoms with Crippen LogP contribution in [0.15, 0.2) is 24.4 Å². The highest BCUT2D eigenvalue weighted by atomic mass is 32.1. The standard InChI is InChI=1S/C20H24N6OS/c1-2-4-13(3-1)19-25-26-20(28-19)24-18-6-5-16-17(23-18)11-15(12-21-16)22-14-7-9-27-10-8-14/h5-6,11-14,22H,1-4,7-10H2,(H,23,24,26). The van der Waals surface area contributed by atoms with E-state index in [1.165, 1.54) is 25.7 Å². The lowest BCUT2D eigenvalue weighted by Gasteiger charge is -2.24. The van der Waals surface area contributed by atoms with Crippen molar-refractivity contribution in [2.45, 2.75) is 50.5 Å². The first-order valence-electron chi connectivity index (χ1n) is 10.0. The fourth-order valence-electron chi connectivity index (χ4n) is 3.97. The van der Waals surface area contributed by atoms with Crippen molar-refractivity contribution in [2.75, 3.05) is 23.8 Å². The van der Waals surface area contributed by atoms with Gasteiger partial charge < -0.3 is 15.4 Å². The molecule has 1 saturated heterocycles. The monoisotopic (exact) mass is 396 g/mol. The van der Waals surface area contributed by atoms with Crippen LogP contribution in [0, 0.1) is 0 Å². The number of pyridine rings is 2. The Bertz CT molecular complexity index is 949. The topological polar surface area (TPSA) is 84.9 Å². The summed E-state index contributed by atoms with van der Waals surface area (Å²) in [7, 11) is 0. The van der Waals surface area contributed by atoms with Crippen LogP contribution >= 0.6 is 11.3 Å². The second-order valence-corrected chi connectivity index (χ2v) is 8.55. The highest BCUT2D eigenvalue weighted by molar-refractivity contribution is 7.15. The molecule has 4 heterocycles. The zero-order chi connectivity index (χ0) is 18.8. The lowest BCUT2D eigenvalue weighted by Crippen LogP contribution is -2.27. The zero-order valence-electron chi connectivity index (χ0n) is 15.7. The van der Waals surface area contributed by atoms with Crippen molar-refractivity contribution in [2.24, 2.45) is 0 Å². The summed E-state index contributed by atoms with van der Waals surface area (Å²) in [5, 5.41) is 17.5. The molecule has 0 atom stereocenters. The number of hydrogen-bond donors (Lipinski definition) is 2. The number of nitrogens with zero attached hydrogens (tertiary/aromatic N) is 4. The molecule has 0 amide bonds. The predicted octanol–water partition coefficient (Wildman–Crippen LogP) is 4.47. The van der Waals surface area contributed by atoms with E-state index in [1.807, 2.05) is 18.3 Å². The van der Waals surface area contributed by atoms with Gasteiger partial charge in [-0.15, -0.1) is 10.2 Å². The summed E-state index contributed by atoms with van der Waals surface area (Å²) in [6.07, 6.45) is 8.99. The van der Waals surface area contributed by atoms with E-state index < -0.39 is 0 Å². The molecule has 0 aromatic carbocycles. The van der Waals surface area contributed by atoms with Crippen molar-refractivity contribution in [3.8, 4) is 0 Å². The van der Waals surface area contributed by atoms with Crippen LogP contribution in [-0.2, 0) is 4.74 Å². The molecule has 3 aromatic heterocycles. The average Bonchev–Trinajstić information content (AvgIpc) is 3.40. The summed E-state index contributed by atoms with van der Waals surface area (Å²) in [4.78, 5) is 9.27. The van der Waals surface area contributed by atoms with E-state index in [4.69, 9.17) is 9.72 Å². The summed E-state index contributed by atoms with van der Waals surface area (Å²) in [6.45, 7) is 1.63. The summed E-state index contributed by atoms with van der Waals surface area (Å²) in [5.41, 5.74) is 2.75. The Morgan fingerprint density at radius 3 is 2.71 bits per heavy atom. The highest BCUT2D eigenvalue weighted by Crippen LogP contribution is 2.36. The van der Waals surface area contributed by atoms with Gasteiger partial charge in [0.2, 0.25) is 5.13 Å². The number of nitrogens with one attached hydrogen (secondary N) is 2. The van der Waals surface area contributed by atoms with Crippen molar-refractivity contribution >= 4 is 39.0 Å². The SMILES string of the molecule is c1nc2ccc(Nc3nnc(C4CCCC4)s3)nc2cc1NC1CCOCC1. The fourth-order valence-corrected chi connectivity index (χ4v) is 4.88. The summed E-state index contributed by atoms with van der Waals surface area (Å²) >= 11 is 1.64. The number of ether oxygens (including phenoxy) is 1. The van der Waals surface area contributed by atoms with Crippen LogP contribution in [-0.4, -0.2) is 39.4 Å². The first-order valence-corrected chi connectivity index (χ1v) is 10.9. The van der Waals surface area contributed by atoms with Crippen LogP contribution in [0.5, 0.6) is 0 Å². The second-order valence-electron chi connectivity index (χ2n) is 7.54. The Morgan fingerprint density at radius 1 is 1.00 bits per heavy atom. The van der Waals surface area contributed by atoms with Crippen molar-refractivity contribution in [1.29, 1.82) is 0 Å². The van der Waals surface area contributed by atoms with Crippen molar-refractivity contribution in [3.63, 3.8) is 0 Å². The van der Waals surface area contributed by atoms with Gasteiger partial charge in [0.25, 0.3) is 0 Å². The molecule has 2 fully saturated rings. The maximum atomic E-state index is 5.43. The van der Waals surface area contributed by atoms with Gasteiger partial charge in [0.1, 0.15) is 10.8 Å². The molecule has 7 nitrogen and oxygen atoms in total. The molecule has 0 spiro atoms. The Balaban J connectivity index is 1.32. The van der Waals surface area contributed by atoms with E-state index in [1.54, 1.807) is 11.3 Å². The van der Waals surface area contributed by atoms with Crippen LogP contribution in [0.25, 0.3) is 11.0 Å². The van der Waals surface area contributed by atoms with Gasteiger partial charge in [-0.05, 0) is 43.9 Å². The smallest absolute Gasteiger partial charge is 0.211 e. The summed E-state index contributed by atoms with van der Waals surface area (Å²) in [5.74, 6) is 1.35. The van der Waals surface area contributed by atoms with Crippen molar-refractivity contribution in [1.82, 2.24) is 20.2 Å². The number of anilines is 3. The van der Waals surface area contributed by atoms with Crippen LogP contribution in [0.3, 0.4) is 0 Å². The fraction of sp³-hybridized carbons (Fsp3) is 0.500. The quantitative estimate of drug-likeness (QED) is 0.658. The summed E-state index contributed by atoms with van der Waals surface area (Å²) < 4.78 is 5.43. The molecule has 0 radical (unpaired) electrons. The number of hydrogen-bond acceptors (Lipinski definition) is 8. The number of rotatable bonds is 5. The van der Waals surface area contributed by atoms with Crippen LogP contribution in [0.2, 0.25) is 0 Å². The molecule has 1 saturated carbocycles. The third-order valence-corrected chi connectivity index (χ3v) is 6.51. The van der Waals surface area contributed by atoms with E-state index in [2.05, 4.69) is 31.9 Å². The molecule has 8 heteroatoms. The molecular weight excluding hydrogens is 372 g/mol. The molecule has 1 aliphatic carbocycles. The maximum absolute atomic E-state index is 5.43. The minimum Gasteiger partial charge on any atom is -0.381 e. The van der Waals surface area contributed by atoms with Gasteiger partial charge in [-0.3, -0.25) is 4.98 Å². The molecule has 5 rings (SSSR count). The van der Waals surface area contributed by atoms with Gasteiger partial charge >= 0.3 is 0 Å². The molecule has 28 heavy (non-hydrogen) atoms. The molecule has 0 bridgehead atoms. The highest BCUT2D eigenvalue weighted by Gasteiger charge is 2.21. The zero-order valence-corrected chi connectivity index (χ0v) is 16.5. The minimum absolute atomic E-state index is 0.435. The second kappa shape index (κ2) is 7.97. The van der Waals surface area contributed by atoms with E-state index in [0.717, 1.165) is 58.7 Å². The van der Waals surface area contributed by atoms with Gasteiger partial charge in [0, 0.05) is 25.2 Å². The van der Waals surface area contributed by atoms with Gasteiger partial charge in [0.15, 0.2) is 0 Å². The number of aromatic nitrogens is 4. The molecule has 146 valence electrons. The van der Waals surface area contributed by atoms with Gasteiger partial charge in [-0.25, -0.2) is 4.98 Å². The predicted molar refractivity (Wildman–Crippen MR) is 111 cm³/mol. The number of fused-ring (bicyclic) bond motifs is 1. The van der Waals surface area contributed by atoms with Crippen LogP contribution < -0.4 is 10.6 Å². The van der Waals surface area contributed by atoms with E-state index in [0.29, 0.717) is 12.0 Å². The van der Waals surface area contributed by atoms with Crippen molar-refractivity contribution in [3.05, 3.63) is 29.4 Å². The van der Waals surface area contributed by atoms with Crippen LogP contribution in [0.1, 0.15) is 49.5 Å². The average molecular weight is 397 g/mol. The summed E-state index contributed by atoms with van der Waals surface area (Å²) in [6, 6.07) is 6.43. The molecule has 2 N–H and O–H groups in total. The molecular formula is C20H24N6OS. The lowest BCUT2D eigenvalue weighted by molar-refractivity contribution is 0.0904. The van der Waals surface area contributed by atoms with Gasteiger partial charge in [0.05, 0.1) is 22.9 Å². The third kappa shape index (κ3) is 3.93. The normalized spacial score (nSPS) is 18.6. The van der Waals surface area contributed by atoms with E-state index >= 15 is 0 Å². The van der Waals surface area contributed by atoms with E-state index in [-0.39, 0.29) is 0 Å². The molecule has 3 aromatic rings. The molecule has 1 aliphatic heterocycles. The Kier molecular flexibility index (Phi) is 5.05. The minimum atomic E-state index is 0.435. The largest absolute Gasteiger partial charge is 0.381 e. The Hall–Kier alpha value is -2.32. The van der Waals surface area contributed by atoms with E-state index in [9.17, 15) is 0 Å². The Labute approximate surface area is 168 Å². The van der Waals surface area contributed by atoms with Gasteiger partial charge in [-0.1, -0.05) is 24.2 Å². The first kappa shape index (κ1) is 17.8. The maximum Gasteiger partial charge on any atom is 0.211 e. The first-order chi connectivity index (χ1) is 13.8.